The van der Waals surface area contributed by atoms with Gasteiger partial charge in [-0.3, -0.25) is 9.78 Å². The van der Waals surface area contributed by atoms with Crippen molar-refractivity contribution in [1.82, 2.24) is 10.3 Å². The molecule has 2 N–H and O–H groups in total. The molecule has 1 atom stereocenters. The SMILES string of the molecule is CCCCCNC(=O)C(C)Oc1cncc(C(=O)O)c1. The molecule has 1 aromatic heterocycles. The molecule has 6 nitrogen and oxygen atoms in total. The van der Waals surface area contributed by atoms with Gasteiger partial charge in [0.05, 0.1) is 11.8 Å². The van der Waals surface area contributed by atoms with Crippen molar-refractivity contribution in [3.05, 3.63) is 24.0 Å². The number of hydrogen-bond donors (Lipinski definition) is 2. The average molecular weight is 280 g/mol. The molecule has 6 heteroatoms. The van der Waals surface area contributed by atoms with Gasteiger partial charge in [0.1, 0.15) is 5.75 Å². The minimum Gasteiger partial charge on any atom is -0.479 e. The number of pyridine rings is 1. The van der Waals surface area contributed by atoms with E-state index in [9.17, 15) is 9.59 Å². The summed E-state index contributed by atoms with van der Waals surface area (Å²) in [6.07, 6.45) is 5.01. The molecule has 0 saturated heterocycles. The lowest BCUT2D eigenvalue weighted by Crippen LogP contribution is -2.36. The van der Waals surface area contributed by atoms with Gasteiger partial charge < -0.3 is 15.2 Å². The Morgan fingerprint density at radius 2 is 2.15 bits per heavy atom. The molecule has 1 aromatic rings. The van der Waals surface area contributed by atoms with Crippen molar-refractivity contribution in [2.24, 2.45) is 0 Å². The topological polar surface area (TPSA) is 88.5 Å². The van der Waals surface area contributed by atoms with Crippen LogP contribution in [-0.2, 0) is 4.79 Å². The zero-order chi connectivity index (χ0) is 15.0. The Hall–Kier alpha value is -2.11. The van der Waals surface area contributed by atoms with Gasteiger partial charge in [-0.1, -0.05) is 19.8 Å². The molecule has 1 amide bonds. The number of amides is 1. The minimum absolute atomic E-state index is 0.0260. The van der Waals surface area contributed by atoms with Crippen LogP contribution in [0.1, 0.15) is 43.5 Å². The number of unbranched alkanes of at least 4 members (excludes halogenated alkanes) is 2. The zero-order valence-corrected chi connectivity index (χ0v) is 11.8. The first-order chi connectivity index (χ1) is 9.54. The number of carbonyl (C=O) groups is 2. The van der Waals surface area contributed by atoms with Crippen molar-refractivity contribution in [2.45, 2.75) is 39.2 Å². The number of ether oxygens (including phenoxy) is 1. The van der Waals surface area contributed by atoms with Gasteiger partial charge in [-0.15, -0.1) is 0 Å². The standard InChI is InChI=1S/C14H20N2O4/c1-3-4-5-6-16-13(17)10(2)20-12-7-11(14(18)19)8-15-9-12/h7-10H,3-6H2,1-2H3,(H,16,17)(H,18,19). The summed E-state index contributed by atoms with van der Waals surface area (Å²) < 4.78 is 5.39. The molecule has 0 bridgehead atoms. The highest BCUT2D eigenvalue weighted by molar-refractivity contribution is 5.87. The van der Waals surface area contributed by atoms with Gasteiger partial charge in [0.15, 0.2) is 6.10 Å². The molecular formula is C14H20N2O4. The molecular weight excluding hydrogens is 260 g/mol. The molecule has 110 valence electrons. The summed E-state index contributed by atoms with van der Waals surface area (Å²) in [4.78, 5) is 26.3. The van der Waals surface area contributed by atoms with Crippen LogP contribution in [0.4, 0.5) is 0 Å². The van der Waals surface area contributed by atoms with Crippen molar-refractivity contribution >= 4 is 11.9 Å². The van der Waals surface area contributed by atoms with E-state index in [0.29, 0.717) is 6.54 Å². The summed E-state index contributed by atoms with van der Waals surface area (Å²) >= 11 is 0. The fourth-order valence-electron chi connectivity index (χ4n) is 1.59. The van der Waals surface area contributed by atoms with Crippen LogP contribution in [0.25, 0.3) is 0 Å². The molecule has 0 aliphatic carbocycles. The van der Waals surface area contributed by atoms with Crippen molar-refractivity contribution < 1.29 is 19.4 Å². The number of rotatable bonds is 8. The Labute approximate surface area is 118 Å². The van der Waals surface area contributed by atoms with Gasteiger partial charge >= 0.3 is 5.97 Å². The van der Waals surface area contributed by atoms with E-state index in [0.717, 1.165) is 19.3 Å². The third kappa shape index (κ3) is 5.26. The van der Waals surface area contributed by atoms with Crippen LogP contribution in [0, 0.1) is 0 Å². The van der Waals surface area contributed by atoms with Crippen LogP contribution in [0.5, 0.6) is 5.75 Å². The van der Waals surface area contributed by atoms with Crippen LogP contribution in [0.3, 0.4) is 0 Å². The van der Waals surface area contributed by atoms with Gasteiger partial charge in [0.25, 0.3) is 5.91 Å². The Balaban J connectivity index is 2.48. The second-order valence-electron chi connectivity index (χ2n) is 4.47. The van der Waals surface area contributed by atoms with Crippen LogP contribution in [-0.4, -0.2) is 34.6 Å². The third-order valence-corrected chi connectivity index (χ3v) is 2.72. The Bertz CT molecular complexity index is 462. The van der Waals surface area contributed by atoms with E-state index in [-0.39, 0.29) is 17.2 Å². The number of carbonyl (C=O) groups excluding carboxylic acids is 1. The molecule has 20 heavy (non-hydrogen) atoms. The van der Waals surface area contributed by atoms with Gasteiger partial charge in [-0.25, -0.2) is 4.79 Å². The van der Waals surface area contributed by atoms with E-state index in [1.807, 2.05) is 0 Å². The highest BCUT2D eigenvalue weighted by Gasteiger charge is 2.15. The number of aromatic nitrogens is 1. The minimum atomic E-state index is -1.08. The fourth-order valence-corrected chi connectivity index (χ4v) is 1.59. The highest BCUT2D eigenvalue weighted by Crippen LogP contribution is 2.13. The summed E-state index contributed by atoms with van der Waals surface area (Å²) in [5, 5.41) is 11.6. The number of nitrogens with one attached hydrogen (secondary N) is 1. The average Bonchev–Trinajstić information content (AvgIpc) is 2.43. The molecule has 0 radical (unpaired) electrons. The Morgan fingerprint density at radius 1 is 1.40 bits per heavy atom. The second-order valence-corrected chi connectivity index (χ2v) is 4.47. The number of hydrogen-bond acceptors (Lipinski definition) is 4. The van der Waals surface area contributed by atoms with Crippen LogP contribution in [0.15, 0.2) is 18.5 Å². The van der Waals surface area contributed by atoms with Gasteiger partial charge in [-0.2, -0.15) is 0 Å². The summed E-state index contributed by atoms with van der Waals surface area (Å²) in [6, 6.07) is 1.34. The van der Waals surface area contributed by atoms with Gasteiger partial charge in [0.2, 0.25) is 0 Å². The number of nitrogens with zero attached hydrogens (tertiary/aromatic N) is 1. The lowest BCUT2D eigenvalue weighted by molar-refractivity contribution is -0.127. The van der Waals surface area contributed by atoms with Crippen molar-refractivity contribution in [3.8, 4) is 5.75 Å². The Morgan fingerprint density at radius 3 is 2.80 bits per heavy atom. The molecule has 0 fully saturated rings. The molecule has 0 saturated carbocycles. The summed E-state index contributed by atoms with van der Waals surface area (Å²) in [7, 11) is 0. The van der Waals surface area contributed by atoms with Crippen LogP contribution < -0.4 is 10.1 Å². The lowest BCUT2D eigenvalue weighted by atomic mass is 10.2. The molecule has 0 spiro atoms. The molecule has 1 rings (SSSR count). The number of carboxylic acids is 1. The molecule has 1 heterocycles. The van der Waals surface area contributed by atoms with Gasteiger partial charge in [0, 0.05) is 12.7 Å². The first-order valence-corrected chi connectivity index (χ1v) is 6.67. The number of carboxylic acid groups (broad SMARTS) is 1. The zero-order valence-electron chi connectivity index (χ0n) is 11.8. The third-order valence-electron chi connectivity index (χ3n) is 2.72. The van der Waals surface area contributed by atoms with E-state index in [1.165, 1.54) is 18.5 Å². The maximum absolute atomic E-state index is 11.8. The maximum atomic E-state index is 11.8. The lowest BCUT2D eigenvalue weighted by Gasteiger charge is -2.14. The predicted molar refractivity (Wildman–Crippen MR) is 73.8 cm³/mol. The first-order valence-electron chi connectivity index (χ1n) is 6.67. The van der Waals surface area contributed by atoms with Crippen LogP contribution >= 0.6 is 0 Å². The highest BCUT2D eigenvalue weighted by atomic mass is 16.5. The molecule has 0 aliphatic heterocycles. The maximum Gasteiger partial charge on any atom is 0.337 e. The summed E-state index contributed by atoms with van der Waals surface area (Å²) in [5.41, 5.74) is 0.0260. The predicted octanol–water partition coefficient (Wildman–Crippen LogP) is 1.85. The van der Waals surface area contributed by atoms with E-state index < -0.39 is 12.1 Å². The van der Waals surface area contributed by atoms with Crippen molar-refractivity contribution in [1.29, 1.82) is 0 Å². The van der Waals surface area contributed by atoms with Gasteiger partial charge in [-0.05, 0) is 19.4 Å². The van der Waals surface area contributed by atoms with E-state index in [4.69, 9.17) is 9.84 Å². The number of aromatic carboxylic acids is 1. The monoisotopic (exact) mass is 280 g/mol. The normalized spacial score (nSPS) is 11.7. The summed E-state index contributed by atoms with van der Waals surface area (Å²) in [5.74, 6) is -1.04. The van der Waals surface area contributed by atoms with E-state index >= 15 is 0 Å². The fraction of sp³-hybridized carbons (Fsp3) is 0.500. The smallest absolute Gasteiger partial charge is 0.337 e. The Kier molecular flexibility index (Phi) is 6.49. The first kappa shape index (κ1) is 15.9. The van der Waals surface area contributed by atoms with E-state index in [2.05, 4.69) is 17.2 Å². The molecule has 0 aliphatic rings. The van der Waals surface area contributed by atoms with Crippen LogP contribution in [0.2, 0.25) is 0 Å². The largest absolute Gasteiger partial charge is 0.479 e. The molecule has 1 unspecified atom stereocenters. The summed E-state index contributed by atoms with van der Waals surface area (Å²) in [6.45, 7) is 4.33. The van der Waals surface area contributed by atoms with Crippen molar-refractivity contribution in [3.63, 3.8) is 0 Å². The second kappa shape index (κ2) is 8.14. The van der Waals surface area contributed by atoms with E-state index in [1.54, 1.807) is 6.92 Å². The molecule has 0 aromatic carbocycles. The quantitative estimate of drug-likeness (QED) is 0.709. The van der Waals surface area contributed by atoms with Crippen molar-refractivity contribution in [2.75, 3.05) is 6.54 Å².